The normalized spacial score (nSPS) is 10.2. The van der Waals surface area contributed by atoms with Crippen LogP contribution in [0.2, 0.25) is 0 Å². The Kier molecular flexibility index (Phi) is 3.87. The van der Waals surface area contributed by atoms with Gasteiger partial charge in [0, 0.05) is 35.9 Å². The van der Waals surface area contributed by atoms with Gasteiger partial charge in [-0.2, -0.15) is 0 Å². The van der Waals surface area contributed by atoms with Gasteiger partial charge in [-0.3, -0.25) is 9.97 Å². The standard InChI is InChI=1S/C17H13N3O2/c1-22-17(21)16-14(12-4-8-18-9-5-12)2-3-15(20-16)13-6-10-19-11-7-13/h2-11H,1H3. The summed E-state index contributed by atoms with van der Waals surface area (Å²) in [5, 5.41) is 0. The third-order valence-corrected chi connectivity index (χ3v) is 3.24. The number of nitrogens with zero attached hydrogens (tertiary/aromatic N) is 3. The first kappa shape index (κ1) is 13.9. The van der Waals surface area contributed by atoms with Crippen LogP contribution in [-0.2, 0) is 4.74 Å². The van der Waals surface area contributed by atoms with Crippen LogP contribution in [0.25, 0.3) is 22.4 Å². The average molecular weight is 291 g/mol. The molecule has 5 heteroatoms. The van der Waals surface area contributed by atoms with Gasteiger partial charge in [0.25, 0.3) is 0 Å². The first-order valence-corrected chi connectivity index (χ1v) is 6.70. The summed E-state index contributed by atoms with van der Waals surface area (Å²) >= 11 is 0. The van der Waals surface area contributed by atoms with Crippen molar-refractivity contribution < 1.29 is 9.53 Å². The lowest BCUT2D eigenvalue weighted by Gasteiger charge is -2.09. The van der Waals surface area contributed by atoms with Gasteiger partial charge in [0.2, 0.25) is 0 Å². The molecule has 3 rings (SSSR count). The van der Waals surface area contributed by atoms with E-state index in [1.807, 2.05) is 36.4 Å². The van der Waals surface area contributed by atoms with E-state index in [4.69, 9.17) is 4.74 Å². The van der Waals surface area contributed by atoms with Crippen LogP contribution in [0.4, 0.5) is 0 Å². The Morgan fingerprint density at radius 1 is 0.864 bits per heavy atom. The van der Waals surface area contributed by atoms with Crippen molar-refractivity contribution in [1.82, 2.24) is 15.0 Å². The van der Waals surface area contributed by atoms with E-state index in [1.165, 1.54) is 7.11 Å². The number of carbonyl (C=O) groups excluding carboxylic acids is 1. The van der Waals surface area contributed by atoms with Gasteiger partial charge in [0.1, 0.15) is 0 Å². The Hall–Kier alpha value is -3.08. The molecule has 22 heavy (non-hydrogen) atoms. The van der Waals surface area contributed by atoms with E-state index in [1.54, 1.807) is 24.8 Å². The first-order valence-electron chi connectivity index (χ1n) is 6.70. The summed E-state index contributed by atoms with van der Waals surface area (Å²) in [6, 6.07) is 11.1. The maximum absolute atomic E-state index is 12.1. The fourth-order valence-electron chi connectivity index (χ4n) is 2.16. The molecule has 0 aliphatic heterocycles. The fourth-order valence-corrected chi connectivity index (χ4v) is 2.16. The van der Waals surface area contributed by atoms with Crippen molar-refractivity contribution in [3.63, 3.8) is 0 Å². The zero-order valence-electron chi connectivity index (χ0n) is 11.9. The highest BCUT2D eigenvalue weighted by atomic mass is 16.5. The van der Waals surface area contributed by atoms with E-state index in [9.17, 15) is 4.79 Å². The number of hydrogen-bond donors (Lipinski definition) is 0. The SMILES string of the molecule is COC(=O)c1nc(-c2ccncc2)ccc1-c1ccncc1. The van der Waals surface area contributed by atoms with Crippen molar-refractivity contribution >= 4 is 5.97 Å². The molecule has 0 saturated carbocycles. The Morgan fingerprint density at radius 3 is 2.05 bits per heavy atom. The van der Waals surface area contributed by atoms with E-state index in [-0.39, 0.29) is 5.69 Å². The molecule has 0 aliphatic carbocycles. The lowest BCUT2D eigenvalue weighted by atomic mass is 10.0. The van der Waals surface area contributed by atoms with Crippen molar-refractivity contribution in [2.75, 3.05) is 7.11 Å². The molecule has 0 fully saturated rings. The molecule has 0 unspecified atom stereocenters. The molecule has 0 saturated heterocycles. The van der Waals surface area contributed by atoms with Crippen LogP contribution in [0, 0.1) is 0 Å². The topological polar surface area (TPSA) is 65.0 Å². The van der Waals surface area contributed by atoms with Crippen molar-refractivity contribution in [3.8, 4) is 22.4 Å². The van der Waals surface area contributed by atoms with E-state index < -0.39 is 5.97 Å². The first-order chi connectivity index (χ1) is 10.8. The molecule has 3 aromatic heterocycles. The summed E-state index contributed by atoms with van der Waals surface area (Å²) in [4.78, 5) is 24.5. The molecular formula is C17H13N3O2. The van der Waals surface area contributed by atoms with Gasteiger partial charge in [0.15, 0.2) is 5.69 Å². The number of esters is 1. The van der Waals surface area contributed by atoms with E-state index in [0.717, 1.165) is 11.1 Å². The molecule has 0 N–H and O–H groups in total. The molecule has 5 nitrogen and oxygen atoms in total. The monoisotopic (exact) mass is 291 g/mol. The summed E-state index contributed by atoms with van der Waals surface area (Å²) in [5.41, 5.74) is 3.45. The lowest BCUT2D eigenvalue weighted by Crippen LogP contribution is -2.07. The number of carbonyl (C=O) groups is 1. The molecule has 0 radical (unpaired) electrons. The van der Waals surface area contributed by atoms with Crippen LogP contribution < -0.4 is 0 Å². The molecule has 0 amide bonds. The number of pyridine rings is 3. The van der Waals surface area contributed by atoms with Gasteiger partial charge in [-0.15, -0.1) is 0 Å². The lowest BCUT2D eigenvalue weighted by molar-refractivity contribution is 0.0595. The van der Waals surface area contributed by atoms with Gasteiger partial charge >= 0.3 is 5.97 Å². The maximum Gasteiger partial charge on any atom is 0.357 e. The number of rotatable bonds is 3. The van der Waals surface area contributed by atoms with Gasteiger partial charge in [-0.25, -0.2) is 9.78 Å². The highest BCUT2D eigenvalue weighted by Crippen LogP contribution is 2.26. The van der Waals surface area contributed by atoms with Crippen LogP contribution in [0.5, 0.6) is 0 Å². The third-order valence-electron chi connectivity index (χ3n) is 3.24. The second-order valence-corrected chi connectivity index (χ2v) is 4.56. The zero-order chi connectivity index (χ0) is 15.4. The average Bonchev–Trinajstić information content (AvgIpc) is 2.62. The second-order valence-electron chi connectivity index (χ2n) is 4.56. The van der Waals surface area contributed by atoms with E-state index in [2.05, 4.69) is 15.0 Å². The Morgan fingerprint density at radius 2 is 1.45 bits per heavy atom. The van der Waals surface area contributed by atoms with Crippen LogP contribution in [0.15, 0.2) is 61.2 Å². The largest absolute Gasteiger partial charge is 0.464 e. The van der Waals surface area contributed by atoms with Gasteiger partial charge in [0.05, 0.1) is 12.8 Å². The van der Waals surface area contributed by atoms with E-state index >= 15 is 0 Å². The van der Waals surface area contributed by atoms with Crippen molar-refractivity contribution in [2.45, 2.75) is 0 Å². The summed E-state index contributed by atoms with van der Waals surface area (Å²) in [6.45, 7) is 0. The molecular weight excluding hydrogens is 278 g/mol. The summed E-state index contributed by atoms with van der Waals surface area (Å²) in [5.74, 6) is -0.470. The molecule has 0 aliphatic rings. The molecule has 3 aromatic rings. The van der Waals surface area contributed by atoms with Crippen molar-refractivity contribution in [3.05, 3.63) is 66.9 Å². The molecule has 0 aromatic carbocycles. The second kappa shape index (κ2) is 6.13. The van der Waals surface area contributed by atoms with E-state index in [0.29, 0.717) is 11.3 Å². The third kappa shape index (κ3) is 2.69. The zero-order valence-corrected chi connectivity index (χ0v) is 11.9. The minimum absolute atomic E-state index is 0.281. The fraction of sp³-hybridized carbons (Fsp3) is 0.0588. The summed E-state index contributed by atoms with van der Waals surface area (Å²) < 4.78 is 4.86. The summed E-state index contributed by atoms with van der Waals surface area (Å²) in [6.07, 6.45) is 6.72. The quantitative estimate of drug-likeness (QED) is 0.694. The van der Waals surface area contributed by atoms with Crippen molar-refractivity contribution in [1.29, 1.82) is 0 Å². The number of hydrogen-bond acceptors (Lipinski definition) is 5. The molecule has 0 spiro atoms. The van der Waals surface area contributed by atoms with Crippen molar-refractivity contribution in [2.24, 2.45) is 0 Å². The minimum atomic E-state index is -0.470. The Bertz CT molecular complexity index is 790. The highest BCUT2D eigenvalue weighted by Gasteiger charge is 2.16. The van der Waals surface area contributed by atoms with Gasteiger partial charge < -0.3 is 4.74 Å². The summed E-state index contributed by atoms with van der Waals surface area (Å²) in [7, 11) is 1.35. The number of methoxy groups -OCH3 is 1. The highest BCUT2D eigenvalue weighted by molar-refractivity contribution is 5.95. The predicted octanol–water partition coefficient (Wildman–Crippen LogP) is 2.99. The van der Waals surface area contributed by atoms with Crippen LogP contribution in [0.3, 0.4) is 0 Å². The maximum atomic E-state index is 12.1. The molecule has 108 valence electrons. The smallest absolute Gasteiger partial charge is 0.357 e. The molecule has 3 heterocycles. The van der Waals surface area contributed by atoms with Crippen LogP contribution >= 0.6 is 0 Å². The Balaban J connectivity index is 2.14. The van der Waals surface area contributed by atoms with Gasteiger partial charge in [-0.05, 0) is 42.0 Å². The predicted molar refractivity (Wildman–Crippen MR) is 82.0 cm³/mol. The number of ether oxygens (including phenoxy) is 1. The number of aromatic nitrogens is 3. The van der Waals surface area contributed by atoms with Gasteiger partial charge in [-0.1, -0.05) is 0 Å². The Labute approximate surface area is 127 Å². The van der Waals surface area contributed by atoms with Crippen LogP contribution in [-0.4, -0.2) is 28.0 Å². The molecule has 0 bridgehead atoms. The van der Waals surface area contributed by atoms with Crippen LogP contribution in [0.1, 0.15) is 10.5 Å². The molecule has 0 atom stereocenters. The minimum Gasteiger partial charge on any atom is -0.464 e.